The van der Waals surface area contributed by atoms with Gasteiger partial charge in [0.1, 0.15) is 0 Å². The fourth-order valence-corrected chi connectivity index (χ4v) is 6.29. The summed E-state index contributed by atoms with van der Waals surface area (Å²) in [5.41, 5.74) is 7.83. The van der Waals surface area contributed by atoms with E-state index < -0.39 is 5.97 Å². The van der Waals surface area contributed by atoms with Gasteiger partial charge in [0.25, 0.3) is 0 Å². The van der Waals surface area contributed by atoms with Gasteiger partial charge in [0.15, 0.2) is 0 Å². The van der Waals surface area contributed by atoms with Crippen LogP contribution in [0.25, 0.3) is 22.3 Å². The molecule has 0 aliphatic heterocycles. The Morgan fingerprint density at radius 2 is 1.39 bits per heavy atom. The van der Waals surface area contributed by atoms with E-state index in [-0.39, 0.29) is 5.92 Å². The van der Waals surface area contributed by atoms with Gasteiger partial charge < -0.3 is 5.11 Å². The van der Waals surface area contributed by atoms with Crippen molar-refractivity contribution in [1.82, 2.24) is 0 Å². The molecule has 0 spiro atoms. The summed E-state index contributed by atoms with van der Waals surface area (Å²) in [6.07, 6.45) is 14.3. The molecule has 0 bridgehead atoms. The molecule has 3 aromatic carbocycles. The Balaban J connectivity index is 1.38. The zero-order valence-corrected chi connectivity index (χ0v) is 23.5. The number of hydrogen-bond acceptors (Lipinski definition) is 1. The number of aliphatic carboxylic acids is 1. The summed E-state index contributed by atoms with van der Waals surface area (Å²) in [4.78, 5) is 11.3. The number of hydrogen-bond donors (Lipinski definition) is 1. The molecule has 0 radical (unpaired) electrons. The van der Waals surface area contributed by atoms with Gasteiger partial charge in [0.2, 0.25) is 0 Å². The van der Waals surface area contributed by atoms with Gasteiger partial charge in [-0.15, -0.1) is 0 Å². The fraction of sp³-hybridized carbons (Fsp3) is 0.472. The standard InChI is InChI=1S/C36H46O2/c1-3-5-6-10-27-15-19-30(20-16-27)31-23-25-33(26-24-31)35-14-8-7-13-34(35)32-21-17-28(18-22-32)11-9-12-29(4-2)36(37)38/h7-8,13-14,17-18,21-27,29-30H,3-6,9-12,15-16,19-20H2,1-2H3,(H,37,38). The predicted octanol–water partition coefficient (Wildman–Crippen LogP) is 10.3. The van der Waals surface area contributed by atoms with Gasteiger partial charge >= 0.3 is 5.97 Å². The van der Waals surface area contributed by atoms with Crippen LogP contribution in [0, 0.1) is 11.8 Å². The molecule has 3 aromatic rings. The SMILES string of the molecule is CCCCCC1CCC(c2ccc(-c3ccccc3-c3ccc(CCCC(CC)C(=O)O)cc3)cc2)CC1. The highest BCUT2D eigenvalue weighted by Gasteiger charge is 2.22. The van der Waals surface area contributed by atoms with E-state index in [0.29, 0.717) is 6.42 Å². The molecule has 2 nitrogen and oxygen atoms in total. The average Bonchev–Trinajstić information content (AvgIpc) is 2.96. The molecule has 0 amide bonds. The van der Waals surface area contributed by atoms with Crippen molar-refractivity contribution in [3.8, 4) is 22.3 Å². The second-order valence-corrected chi connectivity index (χ2v) is 11.4. The van der Waals surface area contributed by atoms with Crippen LogP contribution in [-0.4, -0.2) is 11.1 Å². The van der Waals surface area contributed by atoms with Crippen LogP contribution in [0.5, 0.6) is 0 Å². The van der Waals surface area contributed by atoms with E-state index >= 15 is 0 Å². The van der Waals surface area contributed by atoms with Gasteiger partial charge in [-0.3, -0.25) is 4.79 Å². The summed E-state index contributed by atoms with van der Waals surface area (Å²) < 4.78 is 0. The second-order valence-electron chi connectivity index (χ2n) is 11.4. The molecule has 0 saturated heterocycles. The van der Waals surface area contributed by atoms with Crippen LogP contribution in [0.15, 0.2) is 72.8 Å². The molecule has 202 valence electrons. The first-order chi connectivity index (χ1) is 18.6. The quantitative estimate of drug-likeness (QED) is 0.232. The first kappa shape index (κ1) is 28.1. The number of unbranched alkanes of at least 4 members (excludes halogenated alkanes) is 2. The van der Waals surface area contributed by atoms with Crippen LogP contribution in [0.3, 0.4) is 0 Å². The Labute approximate surface area is 230 Å². The Hall–Kier alpha value is -2.87. The third-order valence-corrected chi connectivity index (χ3v) is 8.81. The molecule has 1 aliphatic carbocycles. The molecule has 0 aromatic heterocycles. The average molecular weight is 511 g/mol. The van der Waals surface area contributed by atoms with Crippen molar-refractivity contribution in [1.29, 1.82) is 0 Å². The molecule has 4 rings (SSSR count). The van der Waals surface area contributed by atoms with Crippen molar-refractivity contribution < 1.29 is 9.90 Å². The molecular weight excluding hydrogens is 464 g/mol. The van der Waals surface area contributed by atoms with Crippen molar-refractivity contribution in [3.63, 3.8) is 0 Å². The lowest BCUT2D eigenvalue weighted by Gasteiger charge is -2.29. The molecule has 1 atom stereocenters. The Morgan fingerprint density at radius 3 is 1.95 bits per heavy atom. The van der Waals surface area contributed by atoms with Gasteiger partial charge in [0.05, 0.1) is 5.92 Å². The highest BCUT2D eigenvalue weighted by molar-refractivity contribution is 5.83. The Kier molecular flexibility index (Phi) is 10.6. The van der Waals surface area contributed by atoms with Crippen molar-refractivity contribution in [2.45, 2.75) is 96.8 Å². The largest absolute Gasteiger partial charge is 0.481 e. The van der Waals surface area contributed by atoms with E-state index in [1.807, 2.05) is 6.92 Å². The molecule has 38 heavy (non-hydrogen) atoms. The molecule has 1 aliphatic rings. The minimum atomic E-state index is -0.669. The zero-order valence-electron chi connectivity index (χ0n) is 23.5. The lowest BCUT2D eigenvalue weighted by molar-refractivity contribution is -0.142. The summed E-state index contributed by atoms with van der Waals surface area (Å²) in [7, 11) is 0. The molecule has 2 heteroatoms. The Bertz CT molecular complexity index is 1120. The summed E-state index contributed by atoms with van der Waals surface area (Å²) in [6.45, 7) is 4.25. The van der Waals surface area contributed by atoms with Gasteiger partial charge in [-0.1, -0.05) is 112 Å². The van der Waals surface area contributed by atoms with Crippen molar-refractivity contribution >= 4 is 5.97 Å². The lowest BCUT2D eigenvalue weighted by Crippen LogP contribution is -2.13. The topological polar surface area (TPSA) is 37.3 Å². The summed E-state index contributed by atoms with van der Waals surface area (Å²) in [5.74, 6) is 0.779. The first-order valence-corrected chi connectivity index (χ1v) is 15.1. The van der Waals surface area contributed by atoms with E-state index in [1.54, 1.807) is 0 Å². The smallest absolute Gasteiger partial charge is 0.306 e. The minimum Gasteiger partial charge on any atom is -0.481 e. The fourth-order valence-electron chi connectivity index (χ4n) is 6.29. The van der Waals surface area contributed by atoms with Crippen LogP contribution in [0.1, 0.15) is 102 Å². The summed E-state index contributed by atoms with van der Waals surface area (Å²) in [6, 6.07) is 26.9. The van der Waals surface area contributed by atoms with Crippen LogP contribution in [-0.2, 0) is 11.2 Å². The monoisotopic (exact) mass is 510 g/mol. The maximum atomic E-state index is 11.3. The first-order valence-electron chi connectivity index (χ1n) is 15.1. The van der Waals surface area contributed by atoms with Crippen LogP contribution in [0.4, 0.5) is 0 Å². The van der Waals surface area contributed by atoms with Gasteiger partial charge in [0, 0.05) is 0 Å². The minimum absolute atomic E-state index is 0.224. The number of carboxylic acid groups (broad SMARTS) is 1. The predicted molar refractivity (Wildman–Crippen MR) is 161 cm³/mol. The molecule has 1 unspecified atom stereocenters. The highest BCUT2D eigenvalue weighted by Crippen LogP contribution is 2.39. The van der Waals surface area contributed by atoms with Crippen LogP contribution < -0.4 is 0 Å². The van der Waals surface area contributed by atoms with Gasteiger partial charge in [-0.05, 0) is 96.6 Å². The highest BCUT2D eigenvalue weighted by atomic mass is 16.4. The van der Waals surface area contributed by atoms with Gasteiger partial charge in [-0.2, -0.15) is 0 Å². The molecule has 0 heterocycles. The number of benzene rings is 3. The molecular formula is C36H46O2. The van der Waals surface area contributed by atoms with Crippen molar-refractivity contribution in [2.24, 2.45) is 11.8 Å². The summed E-state index contributed by atoms with van der Waals surface area (Å²) >= 11 is 0. The number of carbonyl (C=O) groups is 1. The van der Waals surface area contributed by atoms with E-state index in [4.69, 9.17) is 0 Å². The third kappa shape index (κ3) is 7.59. The van der Waals surface area contributed by atoms with Crippen molar-refractivity contribution in [3.05, 3.63) is 83.9 Å². The van der Waals surface area contributed by atoms with E-state index in [1.165, 1.54) is 84.7 Å². The normalized spacial score (nSPS) is 18.3. The van der Waals surface area contributed by atoms with E-state index in [9.17, 15) is 9.90 Å². The molecule has 1 N–H and O–H groups in total. The molecule has 1 fully saturated rings. The van der Waals surface area contributed by atoms with Crippen LogP contribution >= 0.6 is 0 Å². The number of carboxylic acids is 1. The lowest BCUT2D eigenvalue weighted by atomic mass is 9.77. The van der Waals surface area contributed by atoms with E-state index in [0.717, 1.165) is 31.1 Å². The Morgan fingerprint density at radius 1 is 0.789 bits per heavy atom. The maximum absolute atomic E-state index is 11.3. The van der Waals surface area contributed by atoms with Crippen LogP contribution in [0.2, 0.25) is 0 Å². The maximum Gasteiger partial charge on any atom is 0.306 e. The number of aryl methyl sites for hydroxylation is 1. The summed E-state index contributed by atoms with van der Waals surface area (Å²) in [5, 5.41) is 9.28. The van der Waals surface area contributed by atoms with E-state index in [2.05, 4.69) is 79.7 Å². The van der Waals surface area contributed by atoms with Gasteiger partial charge in [-0.25, -0.2) is 0 Å². The molecule has 1 saturated carbocycles. The van der Waals surface area contributed by atoms with Crippen molar-refractivity contribution in [2.75, 3.05) is 0 Å². The second kappa shape index (κ2) is 14.3. The zero-order chi connectivity index (χ0) is 26.7. The number of rotatable bonds is 13. The third-order valence-electron chi connectivity index (χ3n) is 8.81.